The van der Waals surface area contributed by atoms with Gasteiger partial charge in [-0.15, -0.1) is 0 Å². The highest BCUT2D eigenvalue weighted by molar-refractivity contribution is 6.08. The van der Waals surface area contributed by atoms with Crippen molar-refractivity contribution in [2.24, 2.45) is 5.92 Å². The van der Waals surface area contributed by atoms with Crippen LogP contribution in [0.1, 0.15) is 74.8 Å². The Morgan fingerprint density at radius 2 is 1.81 bits per heavy atom. The van der Waals surface area contributed by atoms with Crippen molar-refractivity contribution in [3.63, 3.8) is 0 Å². The fraction of sp³-hybridized carbons (Fsp3) is 0.463. The maximum absolute atomic E-state index is 13.7. The van der Waals surface area contributed by atoms with E-state index in [0.29, 0.717) is 36.0 Å². The van der Waals surface area contributed by atoms with Crippen molar-refractivity contribution in [2.75, 3.05) is 54.4 Å². The summed E-state index contributed by atoms with van der Waals surface area (Å²) in [7, 11) is 0. The number of alkyl halides is 1. The van der Waals surface area contributed by atoms with Gasteiger partial charge in [-0.3, -0.25) is 38.6 Å². The number of carbonyl (C=O) groups is 3. The van der Waals surface area contributed by atoms with Crippen LogP contribution in [0.4, 0.5) is 26.4 Å². The lowest BCUT2D eigenvalue weighted by molar-refractivity contribution is -0.120. The summed E-state index contributed by atoms with van der Waals surface area (Å²) >= 11 is 0. The average molecular weight is 779 g/mol. The van der Waals surface area contributed by atoms with E-state index >= 15 is 0 Å². The zero-order valence-corrected chi connectivity index (χ0v) is 32.1. The van der Waals surface area contributed by atoms with E-state index in [9.17, 15) is 23.6 Å². The van der Waals surface area contributed by atoms with Crippen molar-refractivity contribution < 1.29 is 23.5 Å². The topological polar surface area (TPSA) is 151 Å². The van der Waals surface area contributed by atoms with Crippen molar-refractivity contribution in [3.8, 4) is 5.75 Å². The van der Waals surface area contributed by atoms with Crippen molar-refractivity contribution in [2.45, 2.75) is 76.7 Å². The van der Waals surface area contributed by atoms with E-state index in [4.69, 9.17) is 9.84 Å². The molecule has 57 heavy (non-hydrogen) atoms. The molecule has 4 aromatic heterocycles. The number of ether oxygens (including phenoxy) is 1. The van der Waals surface area contributed by atoms with E-state index < -0.39 is 29.7 Å². The van der Waals surface area contributed by atoms with E-state index in [-0.39, 0.29) is 30.2 Å². The number of rotatable bonds is 10. The molecule has 2 N–H and O–H groups in total. The first-order valence-electron chi connectivity index (χ1n) is 20.0. The molecule has 0 radical (unpaired) electrons. The molecule has 0 unspecified atom stereocenters. The predicted molar refractivity (Wildman–Crippen MR) is 213 cm³/mol. The van der Waals surface area contributed by atoms with Crippen LogP contribution in [0.5, 0.6) is 5.75 Å². The Balaban J connectivity index is 0.802. The Hall–Kier alpha value is -5.77. The monoisotopic (exact) mass is 778 g/mol. The van der Waals surface area contributed by atoms with Gasteiger partial charge in [0.2, 0.25) is 5.91 Å². The van der Waals surface area contributed by atoms with Crippen LogP contribution in [-0.2, 0) is 4.79 Å². The minimum atomic E-state index is -1.04. The number of aromatic nitrogens is 5. The number of piperazine rings is 1. The van der Waals surface area contributed by atoms with Gasteiger partial charge in [-0.1, -0.05) is 0 Å². The van der Waals surface area contributed by atoms with Gasteiger partial charge in [0.05, 0.1) is 35.5 Å². The molecule has 2 atom stereocenters. The Morgan fingerprint density at radius 3 is 2.54 bits per heavy atom. The maximum atomic E-state index is 13.7. The number of anilines is 3. The van der Waals surface area contributed by atoms with E-state index in [1.165, 1.54) is 10.6 Å². The normalized spacial score (nSPS) is 23.0. The highest BCUT2D eigenvalue weighted by Crippen LogP contribution is 2.38. The van der Waals surface area contributed by atoms with Gasteiger partial charge in [0.15, 0.2) is 0 Å². The molecule has 16 heteroatoms. The third-order valence-electron chi connectivity index (χ3n) is 11.7. The number of halogens is 1. The van der Waals surface area contributed by atoms with Crippen LogP contribution in [0, 0.1) is 5.92 Å². The quantitative estimate of drug-likeness (QED) is 0.196. The highest BCUT2D eigenvalue weighted by atomic mass is 19.1. The Labute approximate surface area is 328 Å². The summed E-state index contributed by atoms with van der Waals surface area (Å²) in [5, 5.41) is 10.9. The molecule has 2 aliphatic heterocycles. The van der Waals surface area contributed by atoms with Crippen molar-refractivity contribution in [3.05, 3.63) is 77.1 Å². The molecule has 2 saturated heterocycles. The number of amides is 4. The summed E-state index contributed by atoms with van der Waals surface area (Å²) in [4.78, 5) is 61.7. The van der Waals surface area contributed by atoms with Gasteiger partial charge < -0.3 is 19.5 Å². The molecule has 0 bridgehead atoms. The molecule has 15 nitrogen and oxygen atoms in total. The number of urea groups is 1. The molecule has 1 aromatic carbocycles. The van der Waals surface area contributed by atoms with Gasteiger partial charge in [-0.25, -0.2) is 14.2 Å². The summed E-state index contributed by atoms with van der Waals surface area (Å²) in [6.07, 6.45) is 10.8. The minimum absolute atomic E-state index is 0.0981. The lowest BCUT2D eigenvalue weighted by atomic mass is 9.85. The van der Waals surface area contributed by atoms with Crippen LogP contribution in [-0.4, -0.2) is 98.0 Å². The van der Waals surface area contributed by atoms with Gasteiger partial charge in [0, 0.05) is 93.9 Å². The standard InChI is InChI=1S/C41H47FN10O5/c1-25(2)57-35-21-33-27(18-30(35)39(54)44-32-4-3-11-49(40(32)55)34-20-31(34)42)24-52(46-33)28-7-5-26(6-8-28)23-47-14-16-48(17-15-47)29-9-12-50-36(19-29)43-22-38(50)51-13-10-37(53)45-41(51)56/h3-4,9,11-12,18-19,21-22,24-26,28,31,34H,5-8,10,13-17,20,23H2,1-2H3,(H,44,54)(H,45,53,56)/t26-,28-,31-,34+/m1/s1. The fourth-order valence-electron chi connectivity index (χ4n) is 8.56. The first-order valence-corrected chi connectivity index (χ1v) is 20.0. The number of pyridine rings is 2. The molecular weight excluding hydrogens is 732 g/mol. The molecule has 4 amide bonds. The zero-order chi connectivity index (χ0) is 39.4. The zero-order valence-electron chi connectivity index (χ0n) is 32.1. The van der Waals surface area contributed by atoms with Gasteiger partial charge in [0.1, 0.15) is 29.1 Å². The lowest BCUT2D eigenvalue weighted by Crippen LogP contribution is -2.50. The largest absolute Gasteiger partial charge is 0.490 e. The summed E-state index contributed by atoms with van der Waals surface area (Å²) in [6, 6.07) is 10.2. The molecule has 5 aromatic rings. The number of nitrogens with one attached hydrogen (secondary N) is 2. The molecule has 2 saturated carbocycles. The van der Waals surface area contributed by atoms with Crippen LogP contribution in [0.3, 0.4) is 0 Å². The van der Waals surface area contributed by atoms with Gasteiger partial charge in [0.25, 0.3) is 11.5 Å². The number of carbonyl (C=O) groups excluding carboxylic acids is 3. The first-order chi connectivity index (χ1) is 27.6. The van der Waals surface area contributed by atoms with Crippen LogP contribution in [0.2, 0.25) is 0 Å². The SMILES string of the molecule is CC(C)Oc1cc2nn([C@H]3CC[C@H](CN4CCN(c5ccn6c(N7CCC(=O)NC7=O)cnc6c5)CC4)CC3)cc2cc1C(=O)Nc1cccn([C@H]2C[C@H]2F)c1=O. The summed E-state index contributed by atoms with van der Waals surface area (Å²) in [5.41, 5.74) is 2.58. The molecule has 9 rings (SSSR count). The molecule has 6 heterocycles. The molecule has 298 valence electrons. The number of imide groups is 1. The molecule has 4 aliphatic rings. The third kappa shape index (κ3) is 7.45. The van der Waals surface area contributed by atoms with Crippen molar-refractivity contribution in [1.29, 1.82) is 0 Å². The summed E-state index contributed by atoms with van der Waals surface area (Å²) < 4.78 is 25.1. The highest BCUT2D eigenvalue weighted by Gasteiger charge is 2.40. The van der Waals surface area contributed by atoms with Crippen molar-refractivity contribution in [1.82, 2.24) is 33.9 Å². The van der Waals surface area contributed by atoms with Crippen LogP contribution in [0.15, 0.2) is 66.0 Å². The van der Waals surface area contributed by atoms with Crippen LogP contribution in [0.25, 0.3) is 16.6 Å². The van der Waals surface area contributed by atoms with Crippen LogP contribution >= 0.6 is 0 Å². The van der Waals surface area contributed by atoms with Gasteiger partial charge >= 0.3 is 6.03 Å². The summed E-state index contributed by atoms with van der Waals surface area (Å²) in [5.74, 6) is 0.920. The Kier molecular flexibility index (Phi) is 9.67. The Morgan fingerprint density at radius 1 is 1.02 bits per heavy atom. The van der Waals surface area contributed by atoms with Crippen LogP contribution < -0.4 is 30.7 Å². The number of hydrogen-bond donors (Lipinski definition) is 2. The second-order valence-electron chi connectivity index (χ2n) is 16.0. The second-order valence-corrected chi connectivity index (χ2v) is 16.0. The average Bonchev–Trinajstić information content (AvgIpc) is 3.55. The molecule has 2 aliphatic carbocycles. The smallest absolute Gasteiger partial charge is 0.329 e. The number of benzene rings is 1. The molecule has 0 spiro atoms. The maximum Gasteiger partial charge on any atom is 0.329 e. The van der Waals surface area contributed by atoms with Crippen molar-refractivity contribution >= 4 is 51.6 Å². The number of nitrogens with zero attached hydrogens (tertiary/aromatic N) is 8. The minimum Gasteiger partial charge on any atom is -0.490 e. The van der Waals surface area contributed by atoms with Gasteiger partial charge in [-0.2, -0.15) is 5.10 Å². The number of hydrogen-bond acceptors (Lipinski definition) is 9. The third-order valence-corrected chi connectivity index (χ3v) is 11.7. The predicted octanol–water partition coefficient (Wildman–Crippen LogP) is 5.17. The second kappa shape index (κ2) is 15.0. The van der Waals surface area contributed by atoms with E-state index in [0.717, 1.165) is 80.6 Å². The number of imidazole rings is 1. The van der Waals surface area contributed by atoms with E-state index in [1.807, 2.05) is 35.3 Å². The molecular formula is C41H47FN10O5. The van der Waals surface area contributed by atoms with E-state index in [2.05, 4.69) is 37.6 Å². The first kappa shape index (κ1) is 36.8. The summed E-state index contributed by atoms with van der Waals surface area (Å²) in [6.45, 7) is 8.98. The van der Waals surface area contributed by atoms with E-state index in [1.54, 1.807) is 35.5 Å². The lowest BCUT2D eigenvalue weighted by Gasteiger charge is -2.39. The number of fused-ring (bicyclic) bond motifs is 2. The molecule has 4 fully saturated rings. The fourth-order valence-corrected chi connectivity index (χ4v) is 8.56. The Bertz CT molecular complexity index is 2410. The van der Waals surface area contributed by atoms with Gasteiger partial charge in [-0.05, 0) is 69.7 Å².